The number of hydrogen-bond acceptors (Lipinski definition) is 1. The van der Waals surface area contributed by atoms with Gasteiger partial charge in [0.25, 0.3) is 0 Å². The number of hydrogen-bond donors (Lipinski definition) is 2. The van der Waals surface area contributed by atoms with Gasteiger partial charge in [-0.2, -0.15) is 5.26 Å². The predicted molar refractivity (Wildman–Crippen MR) is 62.2 cm³/mol. The van der Waals surface area contributed by atoms with Gasteiger partial charge in [-0.05, 0) is 12.1 Å². The van der Waals surface area contributed by atoms with Crippen LogP contribution in [-0.4, -0.2) is 33.2 Å². The van der Waals surface area contributed by atoms with Crippen LogP contribution in [0.25, 0.3) is 0 Å². The number of likely N-dealkylation sites (N-methyl/N-ethyl adjacent to an activating group) is 1. The molecule has 3 nitrogen and oxygen atoms in total. The van der Waals surface area contributed by atoms with Crippen LogP contribution in [0.1, 0.15) is 11.1 Å². The van der Waals surface area contributed by atoms with Crippen molar-refractivity contribution in [2.24, 2.45) is 0 Å². The standard InChI is InChI=1S/C13H17N3/c1-15-5-7-16(8-6-15)11-13-4-2-3-12(9-13)10-14/h2-4,9H,5-8,11H2,1H3/p+2. The van der Waals surface area contributed by atoms with Crippen LogP contribution in [0.15, 0.2) is 24.3 Å². The Hall–Kier alpha value is -1.37. The second-order valence-electron chi connectivity index (χ2n) is 4.70. The summed E-state index contributed by atoms with van der Waals surface area (Å²) in [7, 11) is 2.26. The summed E-state index contributed by atoms with van der Waals surface area (Å²) in [5.41, 5.74) is 2.06. The van der Waals surface area contributed by atoms with Crippen LogP contribution in [0.4, 0.5) is 0 Å². The molecule has 1 fully saturated rings. The summed E-state index contributed by atoms with van der Waals surface area (Å²) >= 11 is 0. The van der Waals surface area contributed by atoms with Gasteiger partial charge in [-0.15, -0.1) is 0 Å². The van der Waals surface area contributed by atoms with E-state index in [-0.39, 0.29) is 0 Å². The number of nitrogens with zero attached hydrogens (tertiary/aromatic N) is 1. The molecule has 1 aliphatic rings. The first-order valence-electron chi connectivity index (χ1n) is 5.92. The second kappa shape index (κ2) is 5.11. The Kier molecular flexibility index (Phi) is 3.55. The van der Waals surface area contributed by atoms with Crippen molar-refractivity contribution >= 4 is 0 Å². The van der Waals surface area contributed by atoms with Gasteiger partial charge in [-0.3, -0.25) is 0 Å². The molecule has 0 spiro atoms. The van der Waals surface area contributed by atoms with E-state index in [2.05, 4.69) is 19.2 Å². The summed E-state index contributed by atoms with van der Waals surface area (Å²) in [4.78, 5) is 3.27. The third-order valence-corrected chi connectivity index (χ3v) is 3.32. The third kappa shape index (κ3) is 2.82. The lowest BCUT2D eigenvalue weighted by molar-refractivity contribution is -1.01. The fraction of sp³-hybridized carbons (Fsp3) is 0.462. The fourth-order valence-corrected chi connectivity index (χ4v) is 2.25. The second-order valence-corrected chi connectivity index (χ2v) is 4.70. The van der Waals surface area contributed by atoms with Gasteiger partial charge < -0.3 is 9.80 Å². The topological polar surface area (TPSA) is 32.7 Å². The summed E-state index contributed by atoms with van der Waals surface area (Å²) in [5, 5.41) is 8.84. The number of rotatable bonds is 2. The van der Waals surface area contributed by atoms with E-state index in [1.165, 1.54) is 31.7 Å². The predicted octanol–water partition coefficient (Wildman–Crippen LogP) is -1.53. The maximum absolute atomic E-state index is 8.84. The molecule has 1 heterocycles. The van der Waals surface area contributed by atoms with Crippen LogP contribution < -0.4 is 9.80 Å². The van der Waals surface area contributed by atoms with Gasteiger partial charge in [0.1, 0.15) is 32.7 Å². The molecule has 1 aromatic carbocycles. The van der Waals surface area contributed by atoms with Crippen molar-refractivity contribution in [2.45, 2.75) is 6.54 Å². The van der Waals surface area contributed by atoms with E-state index in [4.69, 9.17) is 5.26 Å². The zero-order valence-electron chi connectivity index (χ0n) is 9.79. The molecule has 0 bridgehead atoms. The van der Waals surface area contributed by atoms with Crippen LogP contribution in [0.2, 0.25) is 0 Å². The molecule has 16 heavy (non-hydrogen) atoms. The van der Waals surface area contributed by atoms with E-state index >= 15 is 0 Å². The summed E-state index contributed by atoms with van der Waals surface area (Å²) in [5.74, 6) is 0. The average molecular weight is 217 g/mol. The smallest absolute Gasteiger partial charge is 0.127 e. The molecule has 1 saturated heterocycles. The van der Waals surface area contributed by atoms with Crippen molar-refractivity contribution in [2.75, 3.05) is 33.2 Å². The molecule has 0 amide bonds. The lowest BCUT2D eigenvalue weighted by atomic mass is 10.1. The highest BCUT2D eigenvalue weighted by Crippen LogP contribution is 2.02. The lowest BCUT2D eigenvalue weighted by Gasteiger charge is -2.27. The Bertz CT molecular complexity index is 386. The van der Waals surface area contributed by atoms with Crippen molar-refractivity contribution in [3.63, 3.8) is 0 Å². The van der Waals surface area contributed by atoms with Crippen LogP contribution in [-0.2, 0) is 6.54 Å². The minimum atomic E-state index is 0.775. The zero-order valence-corrected chi connectivity index (χ0v) is 9.79. The molecular weight excluding hydrogens is 198 g/mol. The maximum atomic E-state index is 8.84. The SMILES string of the molecule is C[NH+]1CC[NH+](Cc2cccc(C#N)c2)CC1. The Labute approximate surface area is 96.9 Å². The van der Waals surface area contributed by atoms with Crippen molar-refractivity contribution in [1.29, 1.82) is 5.26 Å². The third-order valence-electron chi connectivity index (χ3n) is 3.32. The summed E-state index contributed by atoms with van der Waals surface area (Å²) < 4.78 is 0. The van der Waals surface area contributed by atoms with Crippen LogP contribution >= 0.6 is 0 Å². The Morgan fingerprint density at radius 2 is 2.00 bits per heavy atom. The van der Waals surface area contributed by atoms with E-state index < -0.39 is 0 Å². The van der Waals surface area contributed by atoms with Gasteiger partial charge in [0.05, 0.1) is 18.7 Å². The van der Waals surface area contributed by atoms with Crippen LogP contribution in [0, 0.1) is 11.3 Å². The molecule has 2 rings (SSSR count). The van der Waals surface area contributed by atoms with Gasteiger partial charge in [-0.25, -0.2) is 0 Å². The van der Waals surface area contributed by atoms with Gasteiger partial charge >= 0.3 is 0 Å². The number of nitriles is 1. The monoisotopic (exact) mass is 217 g/mol. The highest BCUT2D eigenvalue weighted by Gasteiger charge is 2.19. The average Bonchev–Trinajstić information content (AvgIpc) is 2.32. The molecular formula is C13H19N3+2. The molecule has 0 aromatic heterocycles. The summed E-state index contributed by atoms with van der Waals surface area (Å²) in [6.45, 7) is 6.05. The molecule has 0 saturated carbocycles. The van der Waals surface area contributed by atoms with E-state index in [1.54, 1.807) is 9.80 Å². The maximum Gasteiger partial charge on any atom is 0.127 e. The minimum absolute atomic E-state index is 0.775. The summed E-state index contributed by atoms with van der Waals surface area (Å²) in [6, 6.07) is 10.2. The van der Waals surface area contributed by atoms with Gasteiger partial charge in [0.2, 0.25) is 0 Å². The molecule has 84 valence electrons. The Morgan fingerprint density at radius 3 is 2.69 bits per heavy atom. The Balaban J connectivity index is 1.96. The molecule has 0 atom stereocenters. The van der Waals surface area contributed by atoms with Crippen LogP contribution in [0.5, 0.6) is 0 Å². The van der Waals surface area contributed by atoms with Gasteiger partial charge in [0.15, 0.2) is 0 Å². The number of benzene rings is 1. The quantitative estimate of drug-likeness (QED) is 0.619. The van der Waals surface area contributed by atoms with Crippen LogP contribution in [0.3, 0.4) is 0 Å². The minimum Gasteiger partial charge on any atom is -0.328 e. The molecule has 0 unspecified atom stereocenters. The zero-order chi connectivity index (χ0) is 11.4. The van der Waals surface area contributed by atoms with Gasteiger partial charge in [0, 0.05) is 5.56 Å². The largest absolute Gasteiger partial charge is 0.328 e. The number of quaternary nitrogens is 2. The van der Waals surface area contributed by atoms with E-state index in [0.29, 0.717) is 0 Å². The van der Waals surface area contributed by atoms with E-state index in [9.17, 15) is 0 Å². The molecule has 0 radical (unpaired) electrons. The first-order valence-corrected chi connectivity index (χ1v) is 5.92. The summed E-state index contributed by atoms with van der Waals surface area (Å²) in [6.07, 6.45) is 0. The Morgan fingerprint density at radius 1 is 1.25 bits per heavy atom. The molecule has 3 heteroatoms. The molecule has 0 aliphatic carbocycles. The molecule has 2 N–H and O–H groups in total. The van der Waals surface area contributed by atoms with Crippen molar-refractivity contribution in [1.82, 2.24) is 0 Å². The van der Waals surface area contributed by atoms with Gasteiger partial charge in [-0.1, -0.05) is 12.1 Å². The van der Waals surface area contributed by atoms with E-state index in [0.717, 1.165) is 12.1 Å². The lowest BCUT2D eigenvalue weighted by Crippen LogP contribution is -3.26. The van der Waals surface area contributed by atoms with Crippen molar-refractivity contribution in [3.8, 4) is 6.07 Å². The van der Waals surface area contributed by atoms with Crippen molar-refractivity contribution in [3.05, 3.63) is 35.4 Å². The normalized spacial score (nSPS) is 25.0. The van der Waals surface area contributed by atoms with E-state index in [1.807, 2.05) is 18.2 Å². The first-order chi connectivity index (χ1) is 7.78. The first kappa shape index (κ1) is 11.1. The highest BCUT2D eigenvalue weighted by atomic mass is 15.2. The highest BCUT2D eigenvalue weighted by molar-refractivity contribution is 5.32. The molecule has 1 aromatic rings. The molecule has 1 aliphatic heterocycles. The number of nitrogens with one attached hydrogen (secondary N) is 2. The van der Waals surface area contributed by atoms with Crippen molar-refractivity contribution < 1.29 is 9.80 Å². The number of piperazine rings is 1. The fourth-order valence-electron chi connectivity index (χ4n) is 2.25.